The van der Waals surface area contributed by atoms with E-state index < -0.39 is 0 Å². The van der Waals surface area contributed by atoms with Crippen molar-refractivity contribution in [3.05, 3.63) is 75.4 Å². The van der Waals surface area contributed by atoms with Crippen molar-refractivity contribution in [3.63, 3.8) is 0 Å². The quantitative estimate of drug-likeness (QED) is 0.296. The maximum Gasteiger partial charge on any atom is 2.00 e. The predicted molar refractivity (Wildman–Crippen MR) is 129 cm³/mol. The zero-order chi connectivity index (χ0) is 20.9. The van der Waals surface area contributed by atoms with Gasteiger partial charge in [0, 0.05) is 9.52 Å². The number of nitrogens with one attached hydrogen (secondary N) is 1. The second-order valence-corrected chi connectivity index (χ2v) is 8.58. The monoisotopic (exact) mass is 426 g/mol. The minimum Gasteiger partial charge on any atom is -0.673 e. The van der Waals surface area contributed by atoms with Crippen LogP contribution in [0, 0.1) is 0 Å². The smallest absolute Gasteiger partial charge is 0.673 e. The SMILES string of the molecule is C/C=C/C=C/C.CC(C)(C)[NH-].CC1=Cc2cc3c(cc2=[C-]1)C=CC=3.C[SiH]C.[Ti+2]. The summed E-state index contributed by atoms with van der Waals surface area (Å²) in [7, 11) is 0.750. The number of allylic oxidation sites excluding steroid dienone is 6. The van der Waals surface area contributed by atoms with Crippen molar-refractivity contribution in [1.29, 1.82) is 0 Å². The number of hydrogen-bond donors (Lipinski definition) is 0. The summed E-state index contributed by atoms with van der Waals surface area (Å²) >= 11 is 0. The summed E-state index contributed by atoms with van der Waals surface area (Å²) in [5.41, 5.74) is 10.5. The summed E-state index contributed by atoms with van der Waals surface area (Å²) in [6.45, 7) is 16.1. The molecule has 1 nitrogen and oxygen atoms in total. The molecule has 149 valence electrons. The molecule has 1 N–H and O–H groups in total. The van der Waals surface area contributed by atoms with Gasteiger partial charge in [0.25, 0.3) is 0 Å². The Morgan fingerprint density at radius 2 is 1.50 bits per heavy atom. The van der Waals surface area contributed by atoms with Gasteiger partial charge in [-0.2, -0.15) is 11.3 Å². The molecule has 3 rings (SSSR count). The van der Waals surface area contributed by atoms with Gasteiger partial charge < -0.3 is 5.73 Å². The van der Waals surface area contributed by atoms with Crippen LogP contribution in [0.4, 0.5) is 0 Å². The van der Waals surface area contributed by atoms with Crippen LogP contribution in [-0.2, 0) is 21.7 Å². The van der Waals surface area contributed by atoms with Gasteiger partial charge in [-0.05, 0) is 19.1 Å². The molecule has 3 heteroatoms. The Balaban J connectivity index is 0. The Kier molecular flexibility index (Phi) is 16.3. The molecule has 0 heterocycles. The van der Waals surface area contributed by atoms with Crippen molar-refractivity contribution >= 4 is 33.8 Å². The number of rotatable bonds is 1. The van der Waals surface area contributed by atoms with Gasteiger partial charge in [0.05, 0.1) is 0 Å². The van der Waals surface area contributed by atoms with Crippen LogP contribution in [0.1, 0.15) is 52.7 Å². The van der Waals surface area contributed by atoms with E-state index in [9.17, 15) is 0 Å². The number of benzene rings is 1. The molecule has 0 atom stereocenters. The second-order valence-electron chi connectivity index (χ2n) is 7.43. The maximum atomic E-state index is 6.94. The number of fused-ring (bicyclic) bond motifs is 2. The summed E-state index contributed by atoms with van der Waals surface area (Å²) in [5, 5.41) is 2.56. The van der Waals surface area contributed by atoms with Gasteiger partial charge in [-0.25, -0.2) is 0 Å². The van der Waals surface area contributed by atoms with Crippen LogP contribution in [0.25, 0.3) is 30.0 Å². The minimum atomic E-state index is -0.250. The standard InChI is InChI=1S/C13H9.C6H10.C4H10N.C2H7Si.Ti/c1-9-5-12-7-10-3-2-4-11(10)8-13(12)6-9;1-3-5-6-4-2;1-4(2,3)5;1-3-2;/h2-5,7-8H,1H3;3-6H,1-2H3;5H,1-3H3;3H,1-2H3;/q-1;;-1;;+2/b;5-3+,6-4+;;;. The van der Waals surface area contributed by atoms with Crippen LogP contribution in [0.3, 0.4) is 0 Å². The van der Waals surface area contributed by atoms with Crippen LogP contribution in [-0.4, -0.2) is 15.1 Å². The first-order valence-corrected chi connectivity index (χ1v) is 11.8. The van der Waals surface area contributed by atoms with E-state index in [1.54, 1.807) is 0 Å². The molecule has 0 bridgehead atoms. The molecule has 0 amide bonds. The fourth-order valence-corrected chi connectivity index (χ4v) is 2.13. The third-order valence-electron chi connectivity index (χ3n) is 3.01. The van der Waals surface area contributed by atoms with Gasteiger partial charge in [-0.15, -0.1) is 28.8 Å². The second kappa shape index (κ2) is 15.7. The Bertz CT molecular complexity index is 790. The van der Waals surface area contributed by atoms with Crippen LogP contribution in [0.2, 0.25) is 13.1 Å². The minimum absolute atomic E-state index is 0. The Morgan fingerprint density at radius 3 is 1.96 bits per heavy atom. The topological polar surface area (TPSA) is 23.8 Å². The van der Waals surface area contributed by atoms with Crippen molar-refractivity contribution in [1.82, 2.24) is 0 Å². The normalized spacial score (nSPS) is 12.7. The maximum absolute atomic E-state index is 6.94. The average Bonchev–Trinajstić information content (AvgIpc) is 3.14. The largest absolute Gasteiger partial charge is 2.00 e. The van der Waals surface area contributed by atoms with Crippen LogP contribution in [0.15, 0.2) is 48.1 Å². The molecule has 0 aliphatic heterocycles. The first kappa shape index (κ1) is 29.0. The van der Waals surface area contributed by atoms with Gasteiger partial charge in [0.15, 0.2) is 0 Å². The molecular formula is C25H36NSiTi. The summed E-state index contributed by atoms with van der Waals surface area (Å²) < 4.78 is 0. The fraction of sp³-hybridized carbons (Fsp3) is 0.360. The van der Waals surface area contributed by atoms with Gasteiger partial charge in [0.2, 0.25) is 0 Å². The van der Waals surface area contributed by atoms with Gasteiger partial charge in [0.1, 0.15) is 0 Å². The molecule has 1 radical (unpaired) electrons. The molecule has 28 heavy (non-hydrogen) atoms. The summed E-state index contributed by atoms with van der Waals surface area (Å²) in [4.78, 5) is 0. The molecular weight excluding hydrogens is 390 g/mol. The molecule has 0 fully saturated rings. The Labute approximate surface area is 190 Å². The van der Waals surface area contributed by atoms with E-state index in [1.165, 1.54) is 27.1 Å². The zero-order valence-corrected chi connectivity index (χ0v) is 21.6. The molecule has 0 saturated carbocycles. The van der Waals surface area contributed by atoms with E-state index in [-0.39, 0.29) is 27.3 Å². The molecule has 2 aliphatic rings. The van der Waals surface area contributed by atoms with Crippen molar-refractivity contribution < 1.29 is 21.7 Å². The first-order valence-electron chi connectivity index (χ1n) is 9.54. The van der Waals surface area contributed by atoms with E-state index in [0.717, 1.165) is 9.52 Å². The third-order valence-corrected chi connectivity index (χ3v) is 3.01. The van der Waals surface area contributed by atoms with Crippen molar-refractivity contribution in [2.75, 3.05) is 0 Å². The van der Waals surface area contributed by atoms with Gasteiger partial charge in [-0.3, -0.25) is 0 Å². The van der Waals surface area contributed by atoms with Crippen molar-refractivity contribution in [2.45, 2.75) is 60.2 Å². The third kappa shape index (κ3) is 13.9. The van der Waals surface area contributed by atoms with Crippen LogP contribution in [0.5, 0.6) is 0 Å². The summed E-state index contributed by atoms with van der Waals surface area (Å²) in [5.74, 6) is 0. The molecule has 0 aromatic heterocycles. The first-order chi connectivity index (χ1) is 12.7. The van der Waals surface area contributed by atoms with Crippen molar-refractivity contribution in [2.24, 2.45) is 0 Å². The zero-order valence-electron chi connectivity index (χ0n) is 18.9. The van der Waals surface area contributed by atoms with E-state index >= 15 is 0 Å². The van der Waals surface area contributed by atoms with Gasteiger partial charge in [-0.1, -0.05) is 95.0 Å². The molecule has 1 aromatic rings. The van der Waals surface area contributed by atoms with E-state index in [4.69, 9.17) is 5.73 Å². The predicted octanol–water partition coefficient (Wildman–Crippen LogP) is 6.06. The average molecular weight is 427 g/mol. The van der Waals surface area contributed by atoms with E-state index in [0.29, 0.717) is 0 Å². The summed E-state index contributed by atoms with van der Waals surface area (Å²) in [6, 6.07) is 4.44. The van der Waals surface area contributed by atoms with Crippen LogP contribution >= 0.6 is 0 Å². The fourth-order valence-electron chi connectivity index (χ4n) is 2.13. The van der Waals surface area contributed by atoms with E-state index in [2.05, 4.69) is 62.5 Å². The molecule has 0 spiro atoms. The van der Waals surface area contributed by atoms with Crippen LogP contribution < -0.4 is 10.4 Å². The van der Waals surface area contributed by atoms with Gasteiger partial charge >= 0.3 is 21.7 Å². The van der Waals surface area contributed by atoms with E-state index in [1.807, 2.05) is 58.9 Å². The molecule has 2 aliphatic carbocycles. The molecule has 0 unspecified atom stereocenters. The summed E-state index contributed by atoms with van der Waals surface area (Å²) in [6.07, 6.45) is 19.9. The molecule has 0 saturated heterocycles. The number of hydrogen-bond acceptors (Lipinski definition) is 0. The van der Waals surface area contributed by atoms with Crippen molar-refractivity contribution in [3.8, 4) is 0 Å². The Morgan fingerprint density at radius 1 is 1.00 bits per heavy atom. The Hall–Kier alpha value is -1.19. The molecule has 1 aromatic carbocycles.